The van der Waals surface area contributed by atoms with Crippen LogP contribution < -0.4 is 15.4 Å². The van der Waals surface area contributed by atoms with Crippen molar-refractivity contribution < 1.29 is 14.1 Å². The summed E-state index contributed by atoms with van der Waals surface area (Å²) in [6, 6.07) is 8.83. The molecule has 0 atom stereocenters. The first-order valence-corrected chi connectivity index (χ1v) is 10.2. The van der Waals surface area contributed by atoms with E-state index in [1.165, 1.54) is 10.9 Å². The Balaban J connectivity index is 1.34. The summed E-state index contributed by atoms with van der Waals surface area (Å²) in [5, 5.41) is 10.9. The third-order valence-corrected chi connectivity index (χ3v) is 5.09. The van der Waals surface area contributed by atoms with Gasteiger partial charge in [-0.3, -0.25) is 9.88 Å². The van der Waals surface area contributed by atoms with Gasteiger partial charge < -0.3 is 14.6 Å². The van der Waals surface area contributed by atoms with Gasteiger partial charge in [0, 0.05) is 30.7 Å². The first-order valence-electron chi connectivity index (χ1n) is 10.2. The van der Waals surface area contributed by atoms with Crippen molar-refractivity contribution in [3.63, 3.8) is 0 Å². The van der Waals surface area contributed by atoms with Gasteiger partial charge in [0.15, 0.2) is 0 Å². The van der Waals surface area contributed by atoms with E-state index in [-0.39, 0.29) is 6.03 Å². The van der Waals surface area contributed by atoms with Gasteiger partial charge in [0.2, 0.25) is 11.8 Å². The number of benzene rings is 1. The second-order valence-electron chi connectivity index (χ2n) is 7.93. The Bertz CT molecular complexity index is 1260. The van der Waals surface area contributed by atoms with Crippen molar-refractivity contribution in [2.24, 2.45) is 5.92 Å². The fourth-order valence-electron chi connectivity index (χ4n) is 3.68. The molecule has 0 aliphatic carbocycles. The molecule has 1 amide bonds. The number of aromatic nitrogens is 4. The van der Waals surface area contributed by atoms with Crippen LogP contribution in [0.3, 0.4) is 0 Å². The molecule has 3 aromatic heterocycles. The van der Waals surface area contributed by atoms with Gasteiger partial charge in [0.1, 0.15) is 12.1 Å². The van der Waals surface area contributed by atoms with Crippen LogP contribution in [0.15, 0.2) is 47.4 Å². The van der Waals surface area contributed by atoms with Gasteiger partial charge in [-0.1, -0.05) is 19.0 Å². The lowest BCUT2D eigenvalue weighted by molar-refractivity contribution is 0.253. The Hall–Kier alpha value is -3.72. The van der Waals surface area contributed by atoms with Crippen molar-refractivity contribution in [1.29, 1.82) is 0 Å². The maximum Gasteiger partial charge on any atom is 0.332 e. The average molecular weight is 418 g/mol. The van der Waals surface area contributed by atoms with Crippen molar-refractivity contribution in [1.82, 2.24) is 25.0 Å². The summed E-state index contributed by atoms with van der Waals surface area (Å²) in [6.07, 6.45) is 4.01. The fourth-order valence-corrected chi connectivity index (χ4v) is 3.68. The minimum atomic E-state index is -0.324. The summed E-state index contributed by atoms with van der Waals surface area (Å²) >= 11 is 0. The van der Waals surface area contributed by atoms with Crippen LogP contribution in [0.4, 0.5) is 10.7 Å². The zero-order valence-corrected chi connectivity index (χ0v) is 17.3. The minimum absolute atomic E-state index is 0.324. The zero-order valence-electron chi connectivity index (χ0n) is 17.3. The van der Waals surface area contributed by atoms with Crippen LogP contribution in [0.5, 0.6) is 11.6 Å². The van der Waals surface area contributed by atoms with Crippen molar-refractivity contribution in [2.45, 2.75) is 33.4 Å². The van der Waals surface area contributed by atoms with E-state index in [4.69, 9.17) is 9.26 Å². The lowest BCUT2D eigenvalue weighted by atomic mass is 10.1. The molecule has 5 rings (SSSR count). The number of nitrogens with zero attached hydrogens (tertiary/aromatic N) is 4. The molecule has 0 spiro atoms. The van der Waals surface area contributed by atoms with E-state index in [1.54, 1.807) is 12.3 Å². The number of amides is 1. The first kappa shape index (κ1) is 19.3. The van der Waals surface area contributed by atoms with Gasteiger partial charge in [-0.05, 0) is 36.6 Å². The van der Waals surface area contributed by atoms with Crippen LogP contribution in [0.1, 0.15) is 30.8 Å². The van der Waals surface area contributed by atoms with Crippen LogP contribution in [0.25, 0.3) is 10.9 Å². The number of hydrogen-bond acceptors (Lipinski definition) is 7. The zero-order chi connectivity index (χ0) is 21.4. The van der Waals surface area contributed by atoms with Gasteiger partial charge in [-0.25, -0.2) is 14.8 Å². The number of carbonyl (C=O) groups excluding carboxylic acids is 1. The Labute approximate surface area is 178 Å². The molecule has 1 aliphatic rings. The first-order chi connectivity index (χ1) is 15.1. The highest BCUT2D eigenvalue weighted by atomic mass is 16.5. The highest BCUT2D eigenvalue weighted by molar-refractivity contribution is 5.98. The second-order valence-corrected chi connectivity index (χ2v) is 7.93. The number of carbonyl (C=O) groups is 1. The molecule has 2 N–H and O–H groups in total. The summed E-state index contributed by atoms with van der Waals surface area (Å²) in [7, 11) is 0. The van der Waals surface area contributed by atoms with Gasteiger partial charge in [-0.15, -0.1) is 0 Å². The monoisotopic (exact) mass is 418 g/mol. The average Bonchev–Trinajstić information content (AvgIpc) is 3.47. The predicted molar refractivity (Wildman–Crippen MR) is 114 cm³/mol. The van der Waals surface area contributed by atoms with E-state index in [0.29, 0.717) is 30.0 Å². The van der Waals surface area contributed by atoms with E-state index in [2.05, 4.69) is 39.6 Å². The molecule has 0 saturated carbocycles. The lowest BCUT2D eigenvalue weighted by Gasteiger charge is -2.09. The van der Waals surface area contributed by atoms with Gasteiger partial charge in [-0.2, -0.15) is 0 Å². The van der Waals surface area contributed by atoms with Crippen molar-refractivity contribution in [2.75, 3.05) is 5.32 Å². The summed E-state index contributed by atoms with van der Waals surface area (Å²) in [5.74, 6) is 1.98. The van der Waals surface area contributed by atoms with Crippen LogP contribution in [0, 0.1) is 5.92 Å². The van der Waals surface area contributed by atoms with Crippen molar-refractivity contribution in [3.05, 3.63) is 59.8 Å². The van der Waals surface area contributed by atoms with E-state index in [1.807, 2.05) is 24.3 Å². The van der Waals surface area contributed by atoms with E-state index >= 15 is 0 Å². The molecule has 4 heterocycles. The predicted octanol–water partition coefficient (Wildman–Crippen LogP) is 4.09. The van der Waals surface area contributed by atoms with Gasteiger partial charge in [0.05, 0.1) is 22.5 Å². The molecule has 0 fully saturated rings. The third-order valence-electron chi connectivity index (χ3n) is 5.09. The summed E-state index contributed by atoms with van der Waals surface area (Å²) in [6.45, 7) is 5.61. The normalized spacial score (nSPS) is 13.0. The summed E-state index contributed by atoms with van der Waals surface area (Å²) in [5.41, 5.74) is 3.50. The maximum atomic E-state index is 12.7. The summed E-state index contributed by atoms with van der Waals surface area (Å²) < 4.78 is 12.8. The van der Waals surface area contributed by atoms with Crippen LogP contribution >= 0.6 is 0 Å². The molecule has 9 nitrogen and oxygen atoms in total. The minimum Gasteiger partial charge on any atom is -0.439 e. The third kappa shape index (κ3) is 3.87. The van der Waals surface area contributed by atoms with Crippen LogP contribution in [-0.4, -0.2) is 25.7 Å². The Morgan fingerprint density at radius 1 is 1.26 bits per heavy atom. The molecule has 158 valence electrons. The molecule has 0 saturated heterocycles. The quantitative estimate of drug-likeness (QED) is 0.502. The second kappa shape index (κ2) is 7.84. The molecule has 0 unspecified atom stereocenters. The topological polar surface area (TPSA) is 107 Å². The van der Waals surface area contributed by atoms with Gasteiger partial charge >= 0.3 is 6.03 Å². The largest absolute Gasteiger partial charge is 0.439 e. The number of rotatable bonds is 5. The molecule has 9 heteroatoms. The summed E-state index contributed by atoms with van der Waals surface area (Å²) in [4.78, 5) is 21.3. The highest BCUT2D eigenvalue weighted by Gasteiger charge is 2.19. The molecule has 0 radical (unpaired) electrons. The van der Waals surface area contributed by atoms with Crippen molar-refractivity contribution in [3.8, 4) is 11.6 Å². The van der Waals surface area contributed by atoms with Gasteiger partial charge in [0.25, 0.3) is 0 Å². The highest BCUT2D eigenvalue weighted by Crippen LogP contribution is 2.29. The Morgan fingerprint density at radius 2 is 2.16 bits per heavy atom. The number of hydrogen-bond donors (Lipinski definition) is 2. The molecule has 1 aromatic carbocycles. The van der Waals surface area contributed by atoms with Crippen molar-refractivity contribution >= 4 is 22.8 Å². The standard InChI is InChI=1S/C22H22N6O3/c1-13(2)7-15-9-20(31-27-15)26-22(29)28-6-5-14-8-16(3-4-19(14)28)30-21-17-10-23-11-18(17)24-12-25-21/h3-6,8-9,12-13,23H,7,10-11H2,1-2H3,(H,26,29). The molecule has 1 aliphatic heterocycles. The van der Waals surface area contributed by atoms with E-state index in [9.17, 15) is 4.79 Å². The molecular weight excluding hydrogens is 396 g/mol. The molecule has 31 heavy (non-hydrogen) atoms. The Kier molecular flexibility index (Phi) is 4.87. The van der Waals surface area contributed by atoms with Crippen LogP contribution in [0.2, 0.25) is 0 Å². The number of anilines is 1. The Morgan fingerprint density at radius 3 is 3.03 bits per heavy atom. The maximum absolute atomic E-state index is 12.7. The molecule has 0 bridgehead atoms. The molecule has 4 aromatic rings. The van der Waals surface area contributed by atoms with E-state index in [0.717, 1.165) is 40.8 Å². The smallest absolute Gasteiger partial charge is 0.332 e. The molecular formula is C22H22N6O3. The van der Waals surface area contributed by atoms with Crippen LogP contribution in [-0.2, 0) is 19.5 Å². The van der Waals surface area contributed by atoms with E-state index < -0.39 is 0 Å². The number of fused-ring (bicyclic) bond motifs is 2. The number of nitrogens with one attached hydrogen (secondary N) is 2. The number of ether oxygens (including phenoxy) is 1. The fraction of sp³-hybridized carbons (Fsp3) is 0.273. The SMILES string of the molecule is CC(C)Cc1cc(NC(=O)n2ccc3cc(Oc4ncnc5c4CNC5)ccc32)on1. The lowest BCUT2D eigenvalue weighted by Crippen LogP contribution is -2.17.